The highest BCUT2D eigenvalue weighted by Gasteiger charge is 2.16. The van der Waals surface area contributed by atoms with Crippen LogP contribution >= 0.6 is 0 Å². The fourth-order valence-corrected chi connectivity index (χ4v) is 5.44. The summed E-state index contributed by atoms with van der Waals surface area (Å²) in [5.74, 6) is -1.79. The molecule has 0 aliphatic carbocycles. The van der Waals surface area contributed by atoms with E-state index in [0.717, 1.165) is 0 Å². The van der Waals surface area contributed by atoms with E-state index in [2.05, 4.69) is 15.0 Å². The molecule has 0 saturated carbocycles. The Labute approximate surface area is 292 Å². The van der Waals surface area contributed by atoms with Crippen molar-refractivity contribution in [2.75, 3.05) is 0 Å². The molecule has 0 aliphatic rings. The number of aromatic nitrogens is 3. The summed E-state index contributed by atoms with van der Waals surface area (Å²) in [6.45, 7) is 0. The quantitative estimate of drug-likeness (QED) is 0.193. The Morgan fingerprint density at radius 2 is 1.11 bits per heavy atom. The highest BCUT2D eigenvalue weighted by Crippen LogP contribution is 2.37. The second-order valence-corrected chi connectivity index (χ2v) is 10.4. The van der Waals surface area contributed by atoms with Crippen LogP contribution in [0.3, 0.4) is 0 Å². The molecule has 0 unspecified atom stereocenters. The normalized spacial score (nSPS) is 15.9. The molecule has 0 bridgehead atoms. The van der Waals surface area contributed by atoms with Crippen LogP contribution in [0.5, 0.6) is 0 Å². The van der Waals surface area contributed by atoms with Gasteiger partial charge in [-0.1, -0.05) is 145 Å². The minimum Gasteiger partial charge on any atom is -0.456 e. The minimum atomic E-state index is -0.753. The number of furan rings is 1. The molecule has 7 aromatic carbocycles. The lowest BCUT2D eigenvalue weighted by Crippen LogP contribution is -2.00. The SMILES string of the molecule is [2H]c1c([2H])c([2H])c(-c2nc(-c3c([2H])c([2H])c(-c4cccc5oc6ccccc6c45)c([2H])c3[2H])nc(-c3c([2H])c([2H])c([2H])c4c([2H])c(-c5ccccc5)c([2H])c([2H])c34)n2)c([2H])c1[2H]. The zero-order valence-corrected chi connectivity index (χ0v) is 24.2. The van der Waals surface area contributed by atoms with E-state index >= 15 is 0 Å². The van der Waals surface area contributed by atoms with Gasteiger partial charge in [0.25, 0.3) is 0 Å². The molecule has 0 radical (unpaired) electrons. The zero-order valence-electron chi connectivity index (χ0n) is 39.2. The maximum atomic E-state index is 9.31. The molecule has 0 spiro atoms. The van der Waals surface area contributed by atoms with Gasteiger partial charge in [0.05, 0.1) is 20.6 Å². The summed E-state index contributed by atoms with van der Waals surface area (Å²) < 4.78 is 140. The number of hydrogen-bond acceptors (Lipinski definition) is 4. The Kier molecular flexibility index (Phi) is 3.75. The first-order chi connectivity index (χ1) is 29.5. The Morgan fingerprint density at radius 1 is 0.426 bits per heavy atom. The average Bonchev–Trinajstić information content (AvgIpc) is 3.65. The predicted molar refractivity (Wildman–Crippen MR) is 192 cm³/mol. The molecule has 47 heavy (non-hydrogen) atoms. The molecule has 9 aromatic rings. The van der Waals surface area contributed by atoms with Gasteiger partial charge < -0.3 is 4.42 Å². The summed E-state index contributed by atoms with van der Waals surface area (Å²) in [5.41, 5.74) is 0.115. The highest BCUT2D eigenvalue weighted by atomic mass is 16.3. The van der Waals surface area contributed by atoms with Gasteiger partial charge in [0.2, 0.25) is 0 Å². The lowest BCUT2D eigenvalue weighted by atomic mass is 9.98. The van der Waals surface area contributed by atoms with E-state index in [1.807, 2.05) is 0 Å². The molecule has 4 heteroatoms. The number of hydrogen-bond donors (Lipinski definition) is 0. The summed E-state index contributed by atoms with van der Waals surface area (Å²) in [6, 6.07) is 11.0. The Morgan fingerprint density at radius 3 is 1.94 bits per heavy atom. The van der Waals surface area contributed by atoms with Gasteiger partial charge in [-0.05, 0) is 51.2 Å². The fourth-order valence-electron chi connectivity index (χ4n) is 5.44. The van der Waals surface area contributed by atoms with E-state index in [4.69, 9.17) is 16.8 Å². The minimum absolute atomic E-state index is 0.0151. The molecule has 9 rings (SSSR count). The van der Waals surface area contributed by atoms with Crippen molar-refractivity contribution in [1.82, 2.24) is 15.0 Å². The van der Waals surface area contributed by atoms with Crippen LogP contribution in [0.2, 0.25) is 0 Å². The zero-order chi connectivity index (χ0) is 44.2. The Bertz CT molecular complexity index is 3370. The van der Waals surface area contributed by atoms with E-state index in [1.165, 1.54) is 0 Å². The topological polar surface area (TPSA) is 51.8 Å². The number of nitrogens with zero attached hydrogens (tertiary/aromatic N) is 3. The van der Waals surface area contributed by atoms with Crippen molar-refractivity contribution in [3.05, 3.63) is 163 Å². The van der Waals surface area contributed by atoms with Gasteiger partial charge >= 0.3 is 0 Å². The van der Waals surface area contributed by atoms with Gasteiger partial charge in [0, 0.05) is 27.5 Å². The second-order valence-electron chi connectivity index (χ2n) is 10.4. The largest absolute Gasteiger partial charge is 0.456 e. The molecular formula is C43H27N3O. The summed E-state index contributed by atoms with van der Waals surface area (Å²) in [7, 11) is 0. The molecule has 0 amide bonds. The van der Waals surface area contributed by atoms with Crippen molar-refractivity contribution in [3.8, 4) is 56.4 Å². The third-order valence-corrected chi connectivity index (χ3v) is 7.60. The average molecular weight is 617 g/mol. The van der Waals surface area contributed by atoms with Crippen LogP contribution in [0.15, 0.2) is 168 Å². The van der Waals surface area contributed by atoms with Crippen LogP contribution in [0, 0.1) is 0 Å². The maximum Gasteiger partial charge on any atom is 0.164 e. The highest BCUT2D eigenvalue weighted by molar-refractivity contribution is 6.12. The van der Waals surface area contributed by atoms with E-state index in [9.17, 15) is 8.22 Å². The summed E-state index contributed by atoms with van der Waals surface area (Å²) >= 11 is 0. The van der Waals surface area contributed by atoms with Gasteiger partial charge in [0.1, 0.15) is 11.2 Å². The number of fused-ring (bicyclic) bond motifs is 4. The van der Waals surface area contributed by atoms with E-state index in [-0.39, 0.29) is 21.9 Å². The van der Waals surface area contributed by atoms with E-state index in [1.54, 1.807) is 72.8 Å². The number of rotatable bonds is 5. The van der Waals surface area contributed by atoms with Crippen molar-refractivity contribution in [3.63, 3.8) is 0 Å². The lowest BCUT2D eigenvalue weighted by Gasteiger charge is -2.12. The second kappa shape index (κ2) is 11.2. The van der Waals surface area contributed by atoms with Gasteiger partial charge in [-0.15, -0.1) is 0 Å². The predicted octanol–water partition coefficient (Wildman–Crippen LogP) is 11.3. The monoisotopic (exact) mass is 616 g/mol. The molecule has 0 atom stereocenters. The standard InChI is InChI=1S/C43H27N3O/c1-3-11-28(12-4-1)32-25-26-34-33(27-32)15-9-18-36(34)43-45-41(30-13-5-2-6-14-30)44-42(46-43)31-23-21-29(22-24-31)35-17-10-20-39-40(35)37-16-7-8-19-38(37)47-39/h1-27H/i2D,5D,6D,9D,13D,14D,15D,18D,21D,22D,23D,24D,25D,26D,27D. The van der Waals surface area contributed by atoms with Crippen LogP contribution in [-0.4, -0.2) is 15.0 Å². The molecule has 0 fully saturated rings. The third-order valence-electron chi connectivity index (χ3n) is 7.60. The molecule has 0 aliphatic heterocycles. The lowest BCUT2D eigenvalue weighted by molar-refractivity contribution is 0.669. The summed E-state index contributed by atoms with van der Waals surface area (Å²) in [4.78, 5) is 13.3. The third kappa shape index (κ3) is 4.84. The molecule has 4 nitrogen and oxygen atoms in total. The first kappa shape index (κ1) is 15.7. The fraction of sp³-hybridized carbons (Fsp3) is 0. The molecule has 2 aromatic heterocycles. The van der Waals surface area contributed by atoms with Crippen LogP contribution in [0.25, 0.3) is 89.1 Å². The molecule has 0 N–H and O–H groups in total. The van der Waals surface area contributed by atoms with Crippen LogP contribution in [0.4, 0.5) is 0 Å². The van der Waals surface area contributed by atoms with Crippen molar-refractivity contribution < 1.29 is 25.0 Å². The van der Waals surface area contributed by atoms with Crippen LogP contribution in [0.1, 0.15) is 20.6 Å². The molecule has 2 heterocycles. The Hall–Kier alpha value is -6.39. The smallest absolute Gasteiger partial charge is 0.164 e. The van der Waals surface area contributed by atoms with Crippen molar-refractivity contribution in [2.45, 2.75) is 0 Å². The van der Waals surface area contributed by atoms with Crippen molar-refractivity contribution in [1.29, 1.82) is 0 Å². The molecule has 220 valence electrons. The summed E-state index contributed by atoms with van der Waals surface area (Å²) in [5, 5.41) is 0.587. The Balaban J connectivity index is 1.39. The van der Waals surface area contributed by atoms with Crippen LogP contribution in [-0.2, 0) is 0 Å². The first-order valence-corrected chi connectivity index (χ1v) is 14.5. The van der Waals surface area contributed by atoms with Gasteiger partial charge in [0.15, 0.2) is 17.5 Å². The molecular weight excluding hydrogens is 574 g/mol. The molecule has 0 saturated heterocycles. The first-order valence-electron chi connectivity index (χ1n) is 22.0. The van der Waals surface area contributed by atoms with Crippen molar-refractivity contribution >= 4 is 32.7 Å². The summed E-state index contributed by atoms with van der Waals surface area (Å²) in [6.07, 6.45) is 0. The van der Waals surface area contributed by atoms with Gasteiger partial charge in [-0.3, -0.25) is 0 Å². The number of benzene rings is 7. The maximum absolute atomic E-state index is 9.31. The van der Waals surface area contributed by atoms with Gasteiger partial charge in [-0.25, -0.2) is 15.0 Å². The van der Waals surface area contributed by atoms with E-state index < -0.39 is 125 Å². The van der Waals surface area contributed by atoms with E-state index in [0.29, 0.717) is 33.1 Å². The number of para-hydroxylation sites is 1. The van der Waals surface area contributed by atoms with Crippen molar-refractivity contribution in [2.24, 2.45) is 0 Å². The van der Waals surface area contributed by atoms with Crippen LogP contribution < -0.4 is 0 Å². The van der Waals surface area contributed by atoms with Gasteiger partial charge in [-0.2, -0.15) is 0 Å².